The molecule has 17 heavy (non-hydrogen) atoms. The van der Waals surface area contributed by atoms with E-state index >= 15 is 0 Å². The van der Waals surface area contributed by atoms with Gasteiger partial charge in [0, 0.05) is 36.0 Å². The number of rotatable bonds is 5. The zero-order valence-corrected chi connectivity index (χ0v) is 11.1. The molecule has 0 aromatic heterocycles. The quantitative estimate of drug-likeness (QED) is 0.646. The minimum absolute atomic E-state index is 0.798. The summed E-state index contributed by atoms with van der Waals surface area (Å²) in [6, 6.07) is 6.17. The normalized spacial score (nSPS) is 14.8. The van der Waals surface area contributed by atoms with E-state index in [9.17, 15) is 0 Å². The van der Waals surface area contributed by atoms with Crippen molar-refractivity contribution in [1.29, 1.82) is 0 Å². The summed E-state index contributed by atoms with van der Waals surface area (Å²) in [5.41, 5.74) is 7.96. The molecule has 0 bridgehead atoms. The van der Waals surface area contributed by atoms with E-state index in [1.54, 1.807) is 0 Å². The second-order valence-electron chi connectivity index (χ2n) is 4.18. The van der Waals surface area contributed by atoms with Gasteiger partial charge in [0.05, 0.1) is 12.3 Å². The van der Waals surface area contributed by atoms with Crippen molar-refractivity contribution in [2.24, 2.45) is 0 Å². The second kappa shape index (κ2) is 6.17. The van der Waals surface area contributed by atoms with E-state index in [-0.39, 0.29) is 0 Å². The van der Waals surface area contributed by atoms with E-state index in [1.807, 2.05) is 17.8 Å². The monoisotopic (exact) mass is 252 g/mol. The molecule has 1 aromatic rings. The third kappa shape index (κ3) is 3.30. The highest BCUT2D eigenvalue weighted by Gasteiger charge is 2.16. The van der Waals surface area contributed by atoms with Gasteiger partial charge in [0.2, 0.25) is 0 Å². The van der Waals surface area contributed by atoms with Crippen LogP contribution in [-0.4, -0.2) is 32.1 Å². The summed E-state index contributed by atoms with van der Waals surface area (Å²) in [5.74, 6) is 1.14. The van der Waals surface area contributed by atoms with Gasteiger partial charge in [0.15, 0.2) is 0 Å². The molecule has 0 amide bonds. The van der Waals surface area contributed by atoms with Crippen LogP contribution in [0.3, 0.4) is 0 Å². The Balaban J connectivity index is 1.98. The fraction of sp³-hybridized carbons (Fsp3) is 0.538. The molecule has 0 saturated heterocycles. The molecule has 0 spiro atoms. The van der Waals surface area contributed by atoms with E-state index in [0.29, 0.717) is 0 Å². The molecule has 3 nitrogen and oxygen atoms in total. The summed E-state index contributed by atoms with van der Waals surface area (Å²) < 4.78 is 5.55. The summed E-state index contributed by atoms with van der Waals surface area (Å²) in [7, 11) is 0. The van der Waals surface area contributed by atoms with Crippen LogP contribution in [-0.2, 0) is 4.74 Å². The first kappa shape index (κ1) is 12.6. The van der Waals surface area contributed by atoms with E-state index in [2.05, 4.69) is 24.0 Å². The van der Waals surface area contributed by atoms with Crippen molar-refractivity contribution in [2.75, 3.05) is 42.7 Å². The first-order chi connectivity index (χ1) is 8.31. The van der Waals surface area contributed by atoms with Crippen LogP contribution in [0.1, 0.15) is 13.3 Å². The number of nitrogen functional groups attached to an aromatic ring is 1. The van der Waals surface area contributed by atoms with Crippen LogP contribution >= 0.6 is 11.8 Å². The molecular formula is C13H20N2OS. The van der Waals surface area contributed by atoms with Crippen molar-refractivity contribution >= 4 is 23.1 Å². The van der Waals surface area contributed by atoms with Gasteiger partial charge in [-0.2, -0.15) is 0 Å². The van der Waals surface area contributed by atoms with Crippen LogP contribution in [0.2, 0.25) is 0 Å². The van der Waals surface area contributed by atoms with Crippen LogP contribution in [0, 0.1) is 0 Å². The highest BCUT2D eigenvalue weighted by atomic mass is 32.2. The second-order valence-corrected chi connectivity index (χ2v) is 5.31. The van der Waals surface area contributed by atoms with Crippen molar-refractivity contribution in [3.8, 4) is 0 Å². The number of nitrogens with two attached hydrogens (primary N) is 1. The maximum Gasteiger partial charge on any atom is 0.0641 e. The van der Waals surface area contributed by atoms with Gasteiger partial charge in [0.25, 0.3) is 0 Å². The molecule has 0 fully saturated rings. The van der Waals surface area contributed by atoms with Crippen LogP contribution in [0.4, 0.5) is 11.4 Å². The maximum atomic E-state index is 5.85. The Morgan fingerprint density at radius 2 is 2.29 bits per heavy atom. The van der Waals surface area contributed by atoms with E-state index in [0.717, 1.165) is 44.2 Å². The number of benzene rings is 1. The zero-order valence-electron chi connectivity index (χ0n) is 10.3. The molecule has 1 aromatic carbocycles. The third-order valence-corrected chi connectivity index (χ3v) is 3.84. The first-order valence-corrected chi connectivity index (χ1v) is 7.15. The van der Waals surface area contributed by atoms with Crippen LogP contribution in [0.15, 0.2) is 23.1 Å². The lowest BCUT2D eigenvalue weighted by Gasteiger charge is -2.31. The molecular weight excluding hydrogens is 232 g/mol. The van der Waals surface area contributed by atoms with E-state index < -0.39 is 0 Å². The molecule has 2 rings (SSSR count). The van der Waals surface area contributed by atoms with Gasteiger partial charge in [-0.3, -0.25) is 0 Å². The van der Waals surface area contributed by atoms with Gasteiger partial charge in [0.1, 0.15) is 0 Å². The summed E-state index contributed by atoms with van der Waals surface area (Å²) in [6.07, 6.45) is 1.08. The number of fused-ring (bicyclic) bond motifs is 1. The SMILES string of the molecule is CCCOCCN1CCSc2ccc(N)cc21. The Kier molecular flexibility index (Phi) is 4.57. The van der Waals surface area contributed by atoms with Crippen molar-refractivity contribution in [3.63, 3.8) is 0 Å². The lowest BCUT2D eigenvalue weighted by molar-refractivity contribution is 0.141. The fourth-order valence-corrected chi connectivity index (χ4v) is 2.97. The Hall–Kier alpha value is -0.870. The Labute approximate surface area is 107 Å². The highest BCUT2D eigenvalue weighted by Crippen LogP contribution is 2.35. The lowest BCUT2D eigenvalue weighted by atomic mass is 10.2. The van der Waals surface area contributed by atoms with Gasteiger partial charge in [-0.05, 0) is 24.6 Å². The Bertz CT molecular complexity index is 370. The predicted octanol–water partition coefficient (Wildman–Crippen LogP) is 2.61. The molecule has 0 aliphatic carbocycles. The van der Waals surface area contributed by atoms with Crippen LogP contribution < -0.4 is 10.6 Å². The Morgan fingerprint density at radius 3 is 3.12 bits per heavy atom. The molecule has 0 saturated carbocycles. The van der Waals surface area contributed by atoms with Gasteiger partial charge in [-0.25, -0.2) is 0 Å². The minimum atomic E-state index is 0.798. The summed E-state index contributed by atoms with van der Waals surface area (Å²) in [4.78, 5) is 3.71. The molecule has 1 aliphatic heterocycles. The summed E-state index contributed by atoms with van der Waals surface area (Å²) >= 11 is 1.91. The number of nitrogens with zero attached hydrogens (tertiary/aromatic N) is 1. The largest absolute Gasteiger partial charge is 0.399 e. The van der Waals surface area contributed by atoms with Crippen LogP contribution in [0.5, 0.6) is 0 Å². The molecule has 94 valence electrons. The predicted molar refractivity (Wildman–Crippen MR) is 74.9 cm³/mol. The maximum absolute atomic E-state index is 5.85. The molecule has 1 aliphatic rings. The molecule has 0 atom stereocenters. The minimum Gasteiger partial charge on any atom is -0.399 e. The molecule has 0 unspecified atom stereocenters. The number of hydrogen-bond acceptors (Lipinski definition) is 4. The number of anilines is 2. The third-order valence-electron chi connectivity index (χ3n) is 2.80. The van der Waals surface area contributed by atoms with Gasteiger partial charge >= 0.3 is 0 Å². The van der Waals surface area contributed by atoms with E-state index in [1.165, 1.54) is 10.6 Å². The number of ether oxygens (including phenoxy) is 1. The summed E-state index contributed by atoms with van der Waals surface area (Å²) in [5, 5.41) is 0. The molecule has 1 heterocycles. The van der Waals surface area contributed by atoms with Gasteiger partial charge in [-0.1, -0.05) is 6.92 Å². The van der Waals surface area contributed by atoms with Crippen molar-refractivity contribution in [1.82, 2.24) is 0 Å². The topological polar surface area (TPSA) is 38.5 Å². The first-order valence-electron chi connectivity index (χ1n) is 6.16. The van der Waals surface area contributed by atoms with Crippen molar-refractivity contribution < 1.29 is 4.74 Å². The average Bonchev–Trinajstić information content (AvgIpc) is 2.35. The standard InChI is InChI=1S/C13H20N2OS/c1-2-7-16-8-5-15-6-9-17-13-4-3-11(14)10-12(13)15/h3-4,10H,2,5-9,14H2,1H3. The van der Waals surface area contributed by atoms with Crippen LogP contribution in [0.25, 0.3) is 0 Å². The highest BCUT2D eigenvalue weighted by molar-refractivity contribution is 7.99. The fourth-order valence-electron chi connectivity index (χ4n) is 1.94. The zero-order chi connectivity index (χ0) is 12.1. The average molecular weight is 252 g/mol. The van der Waals surface area contributed by atoms with Gasteiger partial charge < -0.3 is 15.4 Å². The van der Waals surface area contributed by atoms with E-state index in [4.69, 9.17) is 10.5 Å². The Morgan fingerprint density at radius 1 is 1.41 bits per heavy atom. The molecule has 0 radical (unpaired) electrons. The summed E-state index contributed by atoms with van der Waals surface area (Å²) in [6.45, 7) is 5.82. The van der Waals surface area contributed by atoms with Crippen molar-refractivity contribution in [3.05, 3.63) is 18.2 Å². The van der Waals surface area contributed by atoms with Crippen molar-refractivity contribution in [2.45, 2.75) is 18.2 Å². The molecule has 2 N–H and O–H groups in total. The van der Waals surface area contributed by atoms with Gasteiger partial charge in [-0.15, -0.1) is 11.8 Å². The lowest BCUT2D eigenvalue weighted by Crippen LogP contribution is -2.32. The smallest absolute Gasteiger partial charge is 0.0641 e. The number of hydrogen-bond donors (Lipinski definition) is 1. The number of thioether (sulfide) groups is 1. The molecule has 4 heteroatoms.